The maximum Gasteiger partial charge on any atom is 0.411 e. The highest BCUT2D eigenvalue weighted by atomic mass is 19.4. The van der Waals surface area contributed by atoms with Gasteiger partial charge in [-0.2, -0.15) is 13.2 Å². The largest absolute Gasteiger partial charge is 0.411 e. The van der Waals surface area contributed by atoms with Gasteiger partial charge in [-0.1, -0.05) is 12.1 Å². The number of benzene rings is 1. The summed E-state index contributed by atoms with van der Waals surface area (Å²) in [6.45, 7) is 1.07. The van der Waals surface area contributed by atoms with Gasteiger partial charge in [0.15, 0.2) is 0 Å². The Balaban J connectivity index is 2.17. The van der Waals surface area contributed by atoms with E-state index in [0.29, 0.717) is 18.8 Å². The SMILES string of the molecule is CC(=O)Nc1ccc(CNCCOCC(F)(F)F)cc1. The van der Waals surface area contributed by atoms with Crippen molar-refractivity contribution in [3.05, 3.63) is 29.8 Å². The number of anilines is 1. The van der Waals surface area contributed by atoms with Gasteiger partial charge >= 0.3 is 6.18 Å². The van der Waals surface area contributed by atoms with Crippen LogP contribution in [0, 0.1) is 0 Å². The van der Waals surface area contributed by atoms with E-state index in [1.54, 1.807) is 12.1 Å². The van der Waals surface area contributed by atoms with Crippen molar-refractivity contribution in [2.45, 2.75) is 19.6 Å². The van der Waals surface area contributed by atoms with Crippen LogP contribution in [0.5, 0.6) is 0 Å². The summed E-state index contributed by atoms with van der Waals surface area (Å²) in [5.41, 5.74) is 1.67. The van der Waals surface area contributed by atoms with Crippen LogP contribution in [0.1, 0.15) is 12.5 Å². The minimum absolute atomic E-state index is 0.00346. The Kier molecular flexibility index (Phi) is 6.47. The van der Waals surface area contributed by atoms with E-state index < -0.39 is 12.8 Å². The predicted octanol–water partition coefficient (Wildman–Crippen LogP) is 2.31. The highest BCUT2D eigenvalue weighted by Crippen LogP contribution is 2.14. The molecule has 0 aromatic heterocycles. The quantitative estimate of drug-likeness (QED) is 0.758. The Morgan fingerprint density at radius 1 is 1.25 bits per heavy atom. The van der Waals surface area contributed by atoms with Gasteiger partial charge in [-0.15, -0.1) is 0 Å². The number of alkyl halides is 3. The van der Waals surface area contributed by atoms with Gasteiger partial charge in [0.05, 0.1) is 6.61 Å². The van der Waals surface area contributed by atoms with Gasteiger partial charge in [0.25, 0.3) is 0 Å². The molecule has 4 nitrogen and oxygen atoms in total. The number of halogens is 3. The molecule has 20 heavy (non-hydrogen) atoms. The fourth-order valence-electron chi connectivity index (χ4n) is 1.47. The first-order chi connectivity index (χ1) is 9.37. The lowest BCUT2D eigenvalue weighted by atomic mass is 10.2. The van der Waals surface area contributed by atoms with E-state index in [9.17, 15) is 18.0 Å². The molecule has 0 unspecified atom stereocenters. The Morgan fingerprint density at radius 2 is 1.90 bits per heavy atom. The van der Waals surface area contributed by atoms with Gasteiger partial charge in [0.2, 0.25) is 5.91 Å². The molecule has 1 amide bonds. The number of carbonyl (C=O) groups excluding carboxylic acids is 1. The van der Waals surface area contributed by atoms with Crippen LogP contribution in [-0.4, -0.2) is 31.8 Å². The van der Waals surface area contributed by atoms with Crippen molar-refractivity contribution in [1.82, 2.24) is 5.32 Å². The maximum absolute atomic E-state index is 11.8. The molecule has 0 fully saturated rings. The molecule has 0 heterocycles. The van der Waals surface area contributed by atoms with E-state index in [-0.39, 0.29) is 12.5 Å². The third-order valence-corrected chi connectivity index (χ3v) is 2.29. The van der Waals surface area contributed by atoms with E-state index in [1.165, 1.54) is 6.92 Å². The standard InChI is InChI=1S/C13H17F3N2O2/c1-10(19)18-12-4-2-11(3-5-12)8-17-6-7-20-9-13(14,15)16/h2-5,17H,6-9H2,1H3,(H,18,19). The topological polar surface area (TPSA) is 50.4 Å². The van der Waals surface area contributed by atoms with Crippen molar-refractivity contribution in [3.8, 4) is 0 Å². The normalized spacial score (nSPS) is 11.4. The van der Waals surface area contributed by atoms with Crippen molar-refractivity contribution in [2.24, 2.45) is 0 Å². The van der Waals surface area contributed by atoms with Gasteiger partial charge in [-0.25, -0.2) is 0 Å². The van der Waals surface area contributed by atoms with Crippen LogP contribution in [0.2, 0.25) is 0 Å². The Hall–Kier alpha value is -1.60. The number of hydrogen-bond acceptors (Lipinski definition) is 3. The molecule has 0 atom stereocenters. The lowest BCUT2D eigenvalue weighted by Gasteiger charge is -2.09. The number of nitrogens with one attached hydrogen (secondary N) is 2. The second-order valence-electron chi connectivity index (χ2n) is 4.22. The Morgan fingerprint density at radius 3 is 2.45 bits per heavy atom. The average molecular weight is 290 g/mol. The number of rotatable bonds is 7. The molecule has 0 saturated heterocycles. The molecule has 2 N–H and O–H groups in total. The summed E-state index contributed by atoms with van der Waals surface area (Å²) in [7, 11) is 0. The molecule has 0 saturated carbocycles. The fraction of sp³-hybridized carbons (Fsp3) is 0.462. The summed E-state index contributed by atoms with van der Waals surface area (Å²) < 4.78 is 39.8. The number of carbonyl (C=O) groups is 1. The van der Waals surface area contributed by atoms with Gasteiger partial charge in [-0.05, 0) is 17.7 Å². The minimum Gasteiger partial charge on any atom is -0.371 e. The van der Waals surface area contributed by atoms with Crippen molar-refractivity contribution in [3.63, 3.8) is 0 Å². The van der Waals surface area contributed by atoms with Gasteiger partial charge in [0, 0.05) is 25.7 Å². The zero-order chi connectivity index (χ0) is 15.0. The van der Waals surface area contributed by atoms with Crippen molar-refractivity contribution >= 4 is 11.6 Å². The first kappa shape index (κ1) is 16.5. The second-order valence-corrected chi connectivity index (χ2v) is 4.22. The highest BCUT2D eigenvalue weighted by Gasteiger charge is 2.27. The first-order valence-corrected chi connectivity index (χ1v) is 6.08. The highest BCUT2D eigenvalue weighted by molar-refractivity contribution is 5.88. The maximum atomic E-state index is 11.8. The van der Waals surface area contributed by atoms with Crippen LogP contribution in [-0.2, 0) is 16.1 Å². The van der Waals surface area contributed by atoms with Crippen LogP contribution in [0.25, 0.3) is 0 Å². The molecule has 1 aromatic rings. The fourth-order valence-corrected chi connectivity index (χ4v) is 1.47. The van der Waals surface area contributed by atoms with E-state index in [1.807, 2.05) is 12.1 Å². The third-order valence-electron chi connectivity index (χ3n) is 2.29. The molecular weight excluding hydrogens is 273 g/mol. The van der Waals surface area contributed by atoms with Crippen molar-refractivity contribution < 1.29 is 22.7 Å². The van der Waals surface area contributed by atoms with E-state index in [2.05, 4.69) is 15.4 Å². The van der Waals surface area contributed by atoms with E-state index in [0.717, 1.165) is 5.56 Å². The zero-order valence-corrected chi connectivity index (χ0v) is 11.1. The second kappa shape index (κ2) is 7.86. The molecule has 0 bridgehead atoms. The van der Waals surface area contributed by atoms with Gasteiger partial charge < -0.3 is 15.4 Å². The molecule has 0 aliphatic heterocycles. The summed E-state index contributed by atoms with van der Waals surface area (Å²) in [6.07, 6.45) is -4.28. The van der Waals surface area contributed by atoms with Crippen molar-refractivity contribution in [1.29, 1.82) is 0 Å². The summed E-state index contributed by atoms with van der Waals surface area (Å²) in [6, 6.07) is 7.18. The van der Waals surface area contributed by atoms with Crippen LogP contribution < -0.4 is 10.6 Å². The zero-order valence-electron chi connectivity index (χ0n) is 11.1. The Bertz CT molecular complexity index is 419. The molecule has 0 spiro atoms. The van der Waals surface area contributed by atoms with Gasteiger partial charge in [0.1, 0.15) is 6.61 Å². The Labute approximate surface area is 115 Å². The average Bonchev–Trinajstić information content (AvgIpc) is 2.33. The van der Waals surface area contributed by atoms with E-state index in [4.69, 9.17) is 0 Å². The molecular formula is C13H17F3N2O2. The summed E-state index contributed by atoms with van der Waals surface area (Å²) in [5, 5.41) is 5.61. The summed E-state index contributed by atoms with van der Waals surface area (Å²) >= 11 is 0. The summed E-state index contributed by atoms with van der Waals surface area (Å²) in [5.74, 6) is -0.141. The van der Waals surface area contributed by atoms with Crippen molar-refractivity contribution in [2.75, 3.05) is 25.1 Å². The van der Waals surface area contributed by atoms with E-state index >= 15 is 0 Å². The smallest absolute Gasteiger partial charge is 0.371 e. The van der Waals surface area contributed by atoms with Crippen LogP contribution in [0.4, 0.5) is 18.9 Å². The summed E-state index contributed by atoms with van der Waals surface area (Å²) in [4.78, 5) is 10.8. The molecule has 0 aliphatic carbocycles. The minimum atomic E-state index is -4.28. The molecule has 1 aromatic carbocycles. The molecule has 0 aliphatic rings. The lowest BCUT2D eigenvalue weighted by Crippen LogP contribution is -2.23. The molecule has 7 heteroatoms. The number of hydrogen-bond donors (Lipinski definition) is 2. The van der Waals surface area contributed by atoms with Crippen LogP contribution >= 0.6 is 0 Å². The lowest BCUT2D eigenvalue weighted by molar-refractivity contribution is -0.173. The first-order valence-electron chi connectivity index (χ1n) is 6.08. The predicted molar refractivity (Wildman–Crippen MR) is 69.3 cm³/mol. The molecule has 0 radical (unpaired) electrons. The monoisotopic (exact) mass is 290 g/mol. The van der Waals surface area contributed by atoms with Gasteiger partial charge in [-0.3, -0.25) is 4.79 Å². The van der Waals surface area contributed by atoms with Crippen LogP contribution in [0.15, 0.2) is 24.3 Å². The third kappa shape index (κ3) is 7.75. The molecule has 112 valence electrons. The van der Waals surface area contributed by atoms with Crippen LogP contribution in [0.3, 0.4) is 0 Å². The number of amides is 1. The number of ether oxygens (including phenoxy) is 1. The molecule has 1 rings (SSSR count).